The van der Waals surface area contributed by atoms with E-state index in [-0.39, 0.29) is 5.91 Å². The van der Waals surface area contributed by atoms with Crippen molar-refractivity contribution in [2.24, 2.45) is 0 Å². The topological polar surface area (TPSA) is 33.2 Å². The Balaban J connectivity index is 1.84. The van der Waals surface area contributed by atoms with Gasteiger partial charge in [-0.2, -0.15) is 0 Å². The molecule has 0 aliphatic heterocycles. The molecule has 0 N–H and O–H groups in total. The molecule has 0 radical (unpaired) electrons. The molecule has 1 amide bonds. The van der Waals surface area contributed by atoms with Crippen LogP contribution in [0.1, 0.15) is 11.1 Å². The molecule has 0 aliphatic carbocycles. The van der Waals surface area contributed by atoms with Gasteiger partial charge >= 0.3 is 0 Å². The van der Waals surface area contributed by atoms with Gasteiger partial charge < -0.3 is 4.90 Å². The average Bonchev–Trinajstić information content (AvgIpc) is 2.58. The fourth-order valence-electron chi connectivity index (χ4n) is 1.97. The zero-order valence-corrected chi connectivity index (χ0v) is 13.7. The van der Waals surface area contributed by atoms with Crippen molar-refractivity contribution in [2.75, 3.05) is 19.8 Å². The van der Waals surface area contributed by atoms with Crippen LogP contribution in [0.25, 0.3) is 6.08 Å². The van der Waals surface area contributed by atoms with Crippen molar-refractivity contribution < 1.29 is 4.79 Å². The normalized spacial score (nSPS) is 10.8. The summed E-state index contributed by atoms with van der Waals surface area (Å²) in [4.78, 5) is 19.1. The van der Waals surface area contributed by atoms with Gasteiger partial charge in [0, 0.05) is 37.0 Å². The maximum Gasteiger partial charge on any atom is 0.246 e. The number of benzene rings is 1. The molecule has 0 spiro atoms. The zero-order chi connectivity index (χ0) is 15.8. The number of likely N-dealkylation sites (N-methyl/N-ethyl adjacent to an activating group) is 1. The Morgan fingerprint density at radius 2 is 2.05 bits per heavy atom. The van der Waals surface area contributed by atoms with Crippen LogP contribution in [0.4, 0.5) is 0 Å². The Bertz CT molecular complexity index is 623. The second-order valence-corrected chi connectivity index (χ2v) is 5.86. The molecule has 0 unspecified atom stereocenters. The molecule has 0 atom stereocenters. The van der Waals surface area contributed by atoms with Gasteiger partial charge in [-0.3, -0.25) is 9.78 Å². The average molecular weight is 312 g/mol. The highest BCUT2D eigenvalue weighted by molar-refractivity contribution is 7.98. The number of carbonyl (C=O) groups excluding carboxylic acids is 1. The molecule has 0 fully saturated rings. The number of hydrogen-bond donors (Lipinski definition) is 0. The van der Waals surface area contributed by atoms with Gasteiger partial charge in [0.2, 0.25) is 5.91 Å². The zero-order valence-electron chi connectivity index (χ0n) is 12.9. The van der Waals surface area contributed by atoms with Gasteiger partial charge in [-0.05, 0) is 48.1 Å². The first kappa shape index (κ1) is 16.3. The molecule has 0 aliphatic rings. The number of aromatic nitrogens is 1. The summed E-state index contributed by atoms with van der Waals surface area (Å²) >= 11 is 1.73. The van der Waals surface area contributed by atoms with Crippen molar-refractivity contribution in [1.82, 2.24) is 9.88 Å². The quantitative estimate of drug-likeness (QED) is 0.604. The van der Waals surface area contributed by atoms with E-state index in [9.17, 15) is 4.79 Å². The molecule has 114 valence electrons. The molecule has 3 nitrogen and oxygen atoms in total. The number of amides is 1. The summed E-state index contributed by atoms with van der Waals surface area (Å²) < 4.78 is 0. The fraction of sp³-hybridized carbons (Fsp3) is 0.222. The first-order valence-electron chi connectivity index (χ1n) is 7.15. The Labute approximate surface area is 136 Å². The SMILES string of the molecule is CSc1ccc(CCN(C)C(=O)C=Cc2cccnc2)cc1. The molecule has 1 aromatic heterocycles. The number of pyridine rings is 1. The van der Waals surface area contributed by atoms with E-state index in [0.717, 1.165) is 12.0 Å². The lowest BCUT2D eigenvalue weighted by Crippen LogP contribution is -2.27. The standard InChI is InChI=1S/C18H20N2OS/c1-20(13-11-15-5-8-17(22-2)9-6-15)18(21)10-7-16-4-3-12-19-14-16/h3-10,12,14H,11,13H2,1-2H3. The van der Waals surface area contributed by atoms with Gasteiger partial charge in [0.15, 0.2) is 0 Å². The second kappa shape index (κ2) is 8.39. The van der Waals surface area contributed by atoms with Gasteiger partial charge in [0.25, 0.3) is 0 Å². The van der Waals surface area contributed by atoms with Crippen molar-refractivity contribution in [3.05, 3.63) is 66.0 Å². The fourth-order valence-corrected chi connectivity index (χ4v) is 2.38. The lowest BCUT2D eigenvalue weighted by molar-refractivity contribution is -0.124. The van der Waals surface area contributed by atoms with Gasteiger partial charge in [0.05, 0.1) is 0 Å². The van der Waals surface area contributed by atoms with Crippen LogP contribution in [0.3, 0.4) is 0 Å². The van der Waals surface area contributed by atoms with Crippen molar-refractivity contribution in [3.63, 3.8) is 0 Å². The Hall–Kier alpha value is -2.07. The number of hydrogen-bond acceptors (Lipinski definition) is 3. The van der Waals surface area contributed by atoms with Crippen LogP contribution < -0.4 is 0 Å². The van der Waals surface area contributed by atoms with E-state index >= 15 is 0 Å². The number of nitrogens with zero attached hydrogens (tertiary/aromatic N) is 2. The monoisotopic (exact) mass is 312 g/mol. The van der Waals surface area contributed by atoms with Crippen LogP contribution in [0.2, 0.25) is 0 Å². The summed E-state index contributed by atoms with van der Waals surface area (Å²) in [6.45, 7) is 0.703. The highest BCUT2D eigenvalue weighted by Crippen LogP contribution is 2.15. The molecule has 1 heterocycles. The Kier molecular flexibility index (Phi) is 6.22. The third-order valence-corrected chi connectivity index (χ3v) is 4.12. The molecular formula is C18H20N2OS. The van der Waals surface area contributed by atoms with Gasteiger partial charge in [-0.1, -0.05) is 18.2 Å². The number of thioether (sulfide) groups is 1. The first-order chi connectivity index (χ1) is 10.7. The molecule has 22 heavy (non-hydrogen) atoms. The van der Waals surface area contributed by atoms with E-state index in [1.165, 1.54) is 10.5 Å². The van der Waals surface area contributed by atoms with Crippen molar-refractivity contribution in [3.8, 4) is 0 Å². The highest BCUT2D eigenvalue weighted by atomic mass is 32.2. The van der Waals surface area contributed by atoms with Crippen LogP contribution in [0.15, 0.2) is 59.8 Å². The van der Waals surface area contributed by atoms with E-state index < -0.39 is 0 Å². The van der Waals surface area contributed by atoms with Gasteiger partial charge in [0.1, 0.15) is 0 Å². The summed E-state index contributed by atoms with van der Waals surface area (Å²) in [5.41, 5.74) is 2.17. The number of carbonyl (C=O) groups is 1. The summed E-state index contributed by atoms with van der Waals surface area (Å²) in [6.07, 6.45) is 9.76. The molecule has 0 saturated carbocycles. The Morgan fingerprint density at radius 3 is 2.68 bits per heavy atom. The van der Waals surface area contributed by atoms with E-state index in [1.54, 1.807) is 41.2 Å². The van der Waals surface area contributed by atoms with Gasteiger partial charge in [-0.15, -0.1) is 11.8 Å². The smallest absolute Gasteiger partial charge is 0.246 e. The van der Waals surface area contributed by atoms with Crippen molar-refractivity contribution in [1.29, 1.82) is 0 Å². The maximum atomic E-state index is 12.1. The summed E-state index contributed by atoms with van der Waals surface area (Å²) in [5, 5.41) is 0. The summed E-state index contributed by atoms with van der Waals surface area (Å²) in [5.74, 6) is 0.00425. The predicted octanol–water partition coefficient (Wildman–Crippen LogP) is 3.52. The third kappa shape index (κ3) is 5.04. The largest absolute Gasteiger partial charge is 0.342 e. The lowest BCUT2D eigenvalue weighted by atomic mass is 10.1. The molecule has 4 heteroatoms. The molecule has 0 bridgehead atoms. The molecule has 1 aromatic carbocycles. The van der Waals surface area contributed by atoms with E-state index in [1.807, 2.05) is 19.2 Å². The first-order valence-corrected chi connectivity index (χ1v) is 8.37. The van der Waals surface area contributed by atoms with Crippen LogP contribution in [0, 0.1) is 0 Å². The molecule has 0 saturated heterocycles. The number of rotatable bonds is 6. The summed E-state index contributed by atoms with van der Waals surface area (Å²) in [6, 6.07) is 12.2. The van der Waals surface area contributed by atoms with Crippen LogP contribution >= 0.6 is 11.8 Å². The van der Waals surface area contributed by atoms with E-state index in [0.29, 0.717) is 6.54 Å². The maximum absolute atomic E-state index is 12.1. The Morgan fingerprint density at radius 1 is 1.27 bits per heavy atom. The van der Waals surface area contributed by atoms with E-state index in [2.05, 4.69) is 35.5 Å². The molecule has 2 aromatic rings. The summed E-state index contributed by atoms with van der Waals surface area (Å²) in [7, 11) is 1.83. The van der Waals surface area contributed by atoms with Crippen molar-refractivity contribution in [2.45, 2.75) is 11.3 Å². The van der Waals surface area contributed by atoms with E-state index in [4.69, 9.17) is 0 Å². The minimum atomic E-state index is 0.00425. The minimum Gasteiger partial charge on any atom is -0.342 e. The third-order valence-electron chi connectivity index (χ3n) is 3.37. The molecular weight excluding hydrogens is 292 g/mol. The van der Waals surface area contributed by atoms with Crippen LogP contribution in [-0.4, -0.2) is 35.6 Å². The highest BCUT2D eigenvalue weighted by Gasteiger charge is 2.05. The van der Waals surface area contributed by atoms with Gasteiger partial charge in [-0.25, -0.2) is 0 Å². The van der Waals surface area contributed by atoms with Crippen molar-refractivity contribution >= 4 is 23.7 Å². The lowest BCUT2D eigenvalue weighted by Gasteiger charge is -2.15. The minimum absolute atomic E-state index is 0.00425. The molecule has 2 rings (SSSR count). The van der Waals surface area contributed by atoms with Crippen LogP contribution in [0.5, 0.6) is 0 Å². The predicted molar refractivity (Wildman–Crippen MR) is 92.8 cm³/mol. The van der Waals surface area contributed by atoms with Crippen LogP contribution in [-0.2, 0) is 11.2 Å². The second-order valence-electron chi connectivity index (χ2n) is 4.98.